The molecule has 1 heterocycles. The number of nitrogens with one attached hydrogen (secondary N) is 1. The zero-order chi connectivity index (χ0) is 13.6. The largest absolute Gasteiger partial charge is 0.449 e. The molecule has 5 aliphatic rings. The van der Waals surface area contributed by atoms with Gasteiger partial charge in [0.2, 0.25) is 0 Å². The van der Waals surface area contributed by atoms with Crippen molar-refractivity contribution in [3.8, 4) is 0 Å². The maximum Gasteiger partial charge on any atom is 0.409 e. The molecule has 4 saturated carbocycles. The zero-order valence-electron chi connectivity index (χ0n) is 12.3. The van der Waals surface area contributed by atoms with Crippen molar-refractivity contribution in [3.63, 3.8) is 0 Å². The van der Waals surface area contributed by atoms with Gasteiger partial charge in [0.25, 0.3) is 0 Å². The van der Waals surface area contributed by atoms with E-state index in [0.29, 0.717) is 12.0 Å². The number of rotatable bonds is 2. The Morgan fingerprint density at radius 3 is 2.15 bits per heavy atom. The van der Waals surface area contributed by atoms with Crippen LogP contribution in [0.2, 0.25) is 0 Å². The lowest BCUT2D eigenvalue weighted by Gasteiger charge is -2.56. The first-order chi connectivity index (χ1) is 9.72. The Kier molecular flexibility index (Phi) is 3.17. The van der Waals surface area contributed by atoms with Crippen LogP contribution in [0.1, 0.15) is 38.5 Å². The molecule has 1 N–H and O–H groups in total. The molecule has 0 unspecified atom stereocenters. The molecule has 4 nitrogen and oxygen atoms in total. The first kappa shape index (κ1) is 12.9. The summed E-state index contributed by atoms with van der Waals surface area (Å²) in [4.78, 5) is 14.0. The van der Waals surface area contributed by atoms with E-state index in [2.05, 4.69) is 5.32 Å². The van der Waals surface area contributed by atoms with Crippen LogP contribution in [-0.2, 0) is 4.74 Å². The number of carbonyl (C=O) groups excluding carboxylic acids is 1. The van der Waals surface area contributed by atoms with Crippen LogP contribution < -0.4 is 5.32 Å². The van der Waals surface area contributed by atoms with Crippen LogP contribution in [0.15, 0.2) is 0 Å². The number of carbonyl (C=O) groups is 1. The molecule has 0 aromatic carbocycles. The minimum Gasteiger partial charge on any atom is -0.449 e. The molecule has 112 valence electrons. The van der Waals surface area contributed by atoms with E-state index >= 15 is 0 Å². The Morgan fingerprint density at radius 1 is 1.05 bits per heavy atom. The lowest BCUT2D eigenvalue weighted by molar-refractivity contribution is -0.0852. The molecule has 1 aliphatic heterocycles. The summed E-state index contributed by atoms with van der Waals surface area (Å²) in [7, 11) is 0. The SMILES string of the molecule is O=C(OCC12CC3CC(CC(C3)C1)C2)N1CCNCC1. The van der Waals surface area contributed by atoms with Crippen LogP contribution in [-0.4, -0.2) is 43.8 Å². The van der Waals surface area contributed by atoms with Crippen molar-refractivity contribution in [2.45, 2.75) is 38.5 Å². The average Bonchev–Trinajstić information content (AvgIpc) is 2.44. The van der Waals surface area contributed by atoms with Crippen LogP contribution in [0, 0.1) is 23.2 Å². The van der Waals surface area contributed by atoms with Gasteiger partial charge in [0, 0.05) is 31.6 Å². The Labute approximate surface area is 121 Å². The van der Waals surface area contributed by atoms with Crippen molar-refractivity contribution in [1.82, 2.24) is 10.2 Å². The summed E-state index contributed by atoms with van der Waals surface area (Å²) < 4.78 is 5.73. The normalized spacial score (nSPS) is 42.8. The molecular formula is C16H26N2O2. The third-order valence-corrected chi connectivity index (χ3v) is 6.04. The Hall–Kier alpha value is -0.770. The predicted octanol–water partition coefficient (Wildman–Crippen LogP) is 2.24. The van der Waals surface area contributed by atoms with Gasteiger partial charge in [-0.2, -0.15) is 0 Å². The molecule has 4 bridgehead atoms. The van der Waals surface area contributed by atoms with Crippen LogP contribution in [0.5, 0.6) is 0 Å². The van der Waals surface area contributed by atoms with Gasteiger partial charge >= 0.3 is 6.09 Å². The fourth-order valence-electron chi connectivity index (χ4n) is 5.62. The maximum atomic E-state index is 12.2. The van der Waals surface area contributed by atoms with E-state index in [1.807, 2.05) is 4.90 Å². The fourth-order valence-corrected chi connectivity index (χ4v) is 5.62. The summed E-state index contributed by atoms with van der Waals surface area (Å²) in [5.74, 6) is 2.79. The molecule has 0 spiro atoms. The minimum atomic E-state index is -0.0813. The molecule has 4 heteroatoms. The van der Waals surface area contributed by atoms with Crippen molar-refractivity contribution in [1.29, 1.82) is 0 Å². The van der Waals surface area contributed by atoms with Crippen molar-refractivity contribution in [3.05, 3.63) is 0 Å². The molecule has 1 saturated heterocycles. The molecule has 0 radical (unpaired) electrons. The average molecular weight is 278 g/mol. The van der Waals surface area contributed by atoms with E-state index in [9.17, 15) is 4.79 Å². The number of ether oxygens (including phenoxy) is 1. The fraction of sp³-hybridized carbons (Fsp3) is 0.938. The molecule has 1 amide bonds. The predicted molar refractivity (Wildman–Crippen MR) is 76.4 cm³/mol. The standard InChI is InChI=1S/C16H26N2O2/c19-15(18-3-1-17-2-4-18)20-11-16-8-12-5-13(9-16)7-14(6-12)10-16/h12-14,17H,1-11H2. The summed E-state index contributed by atoms with van der Waals surface area (Å²) in [6.07, 6.45) is 8.21. The van der Waals surface area contributed by atoms with Gasteiger partial charge < -0.3 is 15.0 Å². The maximum absolute atomic E-state index is 12.2. The number of hydrogen-bond donors (Lipinski definition) is 1. The van der Waals surface area contributed by atoms with Gasteiger partial charge in [0.15, 0.2) is 0 Å². The number of nitrogens with zero attached hydrogens (tertiary/aromatic N) is 1. The molecule has 0 atom stereocenters. The van der Waals surface area contributed by atoms with Crippen LogP contribution in [0.4, 0.5) is 4.79 Å². The highest BCUT2D eigenvalue weighted by atomic mass is 16.6. The molecule has 4 aliphatic carbocycles. The third kappa shape index (κ3) is 2.32. The second-order valence-electron chi connectivity index (χ2n) is 7.71. The van der Waals surface area contributed by atoms with Crippen molar-refractivity contribution in [2.75, 3.05) is 32.8 Å². The highest BCUT2D eigenvalue weighted by Crippen LogP contribution is 2.60. The number of amides is 1. The summed E-state index contributed by atoms with van der Waals surface area (Å²) in [6, 6.07) is 0. The van der Waals surface area contributed by atoms with E-state index in [1.54, 1.807) is 0 Å². The summed E-state index contributed by atoms with van der Waals surface area (Å²) in [5, 5.41) is 3.27. The molecule has 0 aromatic rings. The number of piperazine rings is 1. The van der Waals surface area contributed by atoms with E-state index in [0.717, 1.165) is 43.9 Å². The van der Waals surface area contributed by atoms with Crippen molar-refractivity contribution >= 4 is 6.09 Å². The second-order valence-corrected chi connectivity index (χ2v) is 7.71. The molecule has 5 fully saturated rings. The number of hydrogen-bond acceptors (Lipinski definition) is 3. The van der Waals surface area contributed by atoms with E-state index in [1.165, 1.54) is 38.5 Å². The minimum absolute atomic E-state index is 0.0813. The van der Waals surface area contributed by atoms with Gasteiger partial charge in [0.1, 0.15) is 0 Å². The molecule has 20 heavy (non-hydrogen) atoms. The first-order valence-electron chi connectivity index (χ1n) is 8.35. The van der Waals surface area contributed by atoms with Gasteiger partial charge in [-0.15, -0.1) is 0 Å². The van der Waals surface area contributed by atoms with Crippen LogP contribution in [0.25, 0.3) is 0 Å². The Balaban J connectivity index is 1.36. The second kappa shape index (κ2) is 4.90. The van der Waals surface area contributed by atoms with E-state index < -0.39 is 0 Å². The van der Waals surface area contributed by atoms with Crippen LogP contribution in [0.3, 0.4) is 0 Å². The van der Waals surface area contributed by atoms with Crippen LogP contribution >= 0.6 is 0 Å². The third-order valence-electron chi connectivity index (χ3n) is 6.04. The van der Waals surface area contributed by atoms with Gasteiger partial charge in [-0.25, -0.2) is 4.79 Å². The lowest BCUT2D eigenvalue weighted by atomic mass is 9.50. The molecule has 5 rings (SSSR count). The van der Waals surface area contributed by atoms with Gasteiger partial charge in [0.05, 0.1) is 6.61 Å². The Morgan fingerprint density at radius 2 is 1.60 bits per heavy atom. The van der Waals surface area contributed by atoms with Gasteiger partial charge in [-0.1, -0.05) is 0 Å². The Bertz CT molecular complexity index is 355. The molecular weight excluding hydrogens is 252 g/mol. The highest BCUT2D eigenvalue weighted by molar-refractivity contribution is 5.67. The van der Waals surface area contributed by atoms with Crippen molar-refractivity contribution < 1.29 is 9.53 Å². The van der Waals surface area contributed by atoms with E-state index in [-0.39, 0.29) is 6.09 Å². The quantitative estimate of drug-likeness (QED) is 0.842. The first-order valence-corrected chi connectivity index (χ1v) is 8.35. The smallest absolute Gasteiger partial charge is 0.409 e. The summed E-state index contributed by atoms with van der Waals surface area (Å²) >= 11 is 0. The van der Waals surface area contributed by atoms with Crippen molar-refractivity contribution in [2.24, 2.45) is 23.2 Å². The topological polar surface area (TPSA) is 41.6 Å². The monoisotopic (exact) mass is 278 g/mol. The summed E-state index contributed by atoms with van der Waals surface area (Å²) in [6.45, 7) is 4.05. The summed E-state index contributed by atoms with van der Waals surface area (Å²) in [5.41, 5.74) is 0.346. The zero-order valence-corrected chi connectivity index (χ0v) is 12.3. The van der Waals surface area contributed by atoms with Gasteiger partial charge in [-0.3, -0.25) is 0 Å². The van der Waals surface area contributed by atoms with Gasteiger partial charge in [-0.05, 0) is 56.3 Å². The van der Waals surface area contributed by atoms with E-state index in [4.69, 9.17) is 4.74 Å². The lowest BCUT2D eigenvalue weighted by Crippen LogP contribution is -2.50. The molecule has 0 aromatic heterocycles. The highest BCUT2D eigenvalue weighted by Gasteiger charge is 2.51.